The lowest BCUT2D eigenvalue weighted by Crippen LogP contribution is -2.41. The van der Waals surface area contributed by atoms with Crippen LogP contribution in [0.5, 0.6) is 5.75 Å². The number of fused-ring (bicyclic) bond motifs is 1. The number of nitrogens with zero attached hydrogens (tertiary/aromatic N) is 2. The Morgan fingerprint density at radius 2 is 2.03 bits per heavy atom. The zero-order chi connectivity index (χ0) is 20.6. The van der Waals surface area contributed by atoms with Crippen LogP contribution in [0.2, 0.25) is 0 Å². The molecule has 0 aliphatic carbocycles. The molecule has 1 N–H and O–H groups in total. The number of benzene rings is 2. The maximum atomic E-state index is 12.2. The van der Waals surface area contributed by atoms with Gasteiger partial charge in [-0.15, -0.1) is 0 Å². The van der Waals surface area contributed by atoms with Crippen LogP contribution < -0.4 is 19.9 Å². The Bertz CT molecular complexity index is 853. The number of carbonyl (C=O) groups excluding carboxylic acids is 2. The predicted octanol–water partition coefficient (Wildman–Crippen LogP) is 3.14. The van der Waals surface area contributed by atoms with Gasteiger partial charge in [0.15, 0.2) is 6.61 Å². The van der Waals surface area contributed by atoms with Gasteiger partial charge in [0.2, 0.25) is 5.91 Å². The molecule has 1 aliphatic rings. The van der Waals surface area contributed by atoms with E-state index in [4.69, 9.17) is 4.74 Å². The van der Waals surface area contributed by atoms with E-state index >= 15 is 0 Å². The summed E-state index contributed by atoms with van der Waals surface area (Å²) in [5.41, 5.74) is 3.19. The lowest BCUT2D eigenvalue weighted by atomic mass is 10.2. The van der Waals surface area contributed by atoms with Gasteiger partial charge >= 0.3 is 0 Å². The first kappa shape index (κ1) is 20.7. The van der Waals surface area contributed by atoms with E-state index in [0.29, 0.717) is 18.8 Å². The number of rotatable bonds is 9. The smallest absolute Gasteiger partial charge is 0.265 e. The topological polar surface area (TPSA) is 61.9 Å². The summed E-state index contributed by atoms with van der Waals surface area (Å²) < 4.78 is 5.43. The number of amides is 2. The van der Waals surface area contributed by atoms with Crippen molar-refractivity contribution in [2.75, 3.05) is 42.6 Å². The number of para-hydroxylation sites is 2. The van der Waals surface area contributed by atoms with Crippen LogP contribution in [-0.4, -0.2) is 44.6 Å². The minimum atomic E-state index is -0.117. The number of anilines is 2. The van der Waals surface area contributed by atoms with Crippen molar-refractivity contribution in [3.63, 3.8) is 0 Å². The number of ether oxygens (including phenoxy) is 1. The van der Waals surface area contributed by atoms with Crippen LogP contribution in [0.1, 0.15) is 25.3 Å². The van der Waals surface area contributed by atoms with Gasteiger partial charge < -0.3 is 19.9 Å². The van der Waals surface area contributed by atoms with E-state index in [1.54, 1.807) is 4.90 Å². The molecular weight excluding hydrogens is 366 g/mol. The lowest BCUT2D eigenvalue weighted by Gasteiger charge is -2.29. The Labute approximate surface area is 172 Å². The van der Waals surface area contributed by atoms with E-state index in [1.165, 1.54) is 11.3 Å². The largest absolute Gasteiger partial charge is 0.482 e. The van der Waals surface area contributed by atoms with E-state index in [0.717, 1.165) is 25.2 Å². The lowest BCUT2D eigenvalue weighted by molar-refractivity contribution is -0.122. The van der Waals surface area contributed by atoms with Crippen LogP contribution in [0.15, 0.2) is 48.5 Å². The fraction of sp³-hybridized carbons (Fsp3) is 0.391. The van der Waals surface area contributed by atoms with Gasteiger partial charge in [-0.1, -0.05) is 24.3 Å². The SMILES string of the molecule is CCN(CCCNC(=O)CCN1C(=O)COc2ccccc21)c1cccc(C)c1. The van der Waals surface area contributed by atoms with Gasteiger partial charge in [0.1, 0.15) is 5.75 Å². The molecule has 2 amide bonds. The number of hydrogen-bond donors (Lipinski definition) is 1. The Morgan fingerprint density at radius 3 is 2.83 bits per heavy atom. The van der Waals surface area contributed by atoms with Gasteiger partial charge in [-0.3, -0.25) is 9.59 Å². The zero-order valence-corrected chi connectivity index (χ0v) is 17.2. The highest BCUT2D eigenvalue weighted by Crippen LogP contribution is 2.31. The summed E-state index contributed by atoms with van der Waals surface area (Å²) in [5.74, 6) is 0.525. The second kappa shape index (κ2) is 9.96. The fourth-order valence-corrected chi connectivity index (χ4v) is 3.49. The van der Waals surface area contributed by atoms with E-state index in [1.807, 2.05) is 24.3 Å². The van der Waals surface area contributed by atoms with Crippen LogP contribution in [0.3, 0.4) is 0 Å². The summed E-state index contributed by atoms with van der Waals surface area (Å²) in [6, 6.07) is 15.9. The molecule has 6 heteroatoms. The highest BCUT2D eigenvalue weighted by molar-refractivity contribution is 5.98. The van der Waals surface area contributed by atoms with E-state index in [2.05, 4.69) is 48.3 Å². The molecule has 0 fully saturated rings. The number of aryl methyl sites for hydroxylation is 1. The molecule has 154 valence electrons. The summed E-state index contributed by atoms with van der Waals surface area (Å²) in [4.78, 5) is 28.3. The van der Waals surface area contributed by atoms with Gasteiger partial charge in [-0.25, -0.2) is 0 Å². The first-order valence-electron chi connectivity index (χ1n) is 10.2. The van der Waals surface area contributed by atoms with Crippen LogP contribution in [0, 0.1) is 6.92 Å². The molecular formula is C23H29N3O3. The average molecular weight is 396 g/mol. The average Bonchev–Trinajstić information content (AvgIpc) is 2.73. The summed E-state index contributed by atoms with van der Waals surface area (Å²) >= 11 is 0. The van der Waals surface area contributed by atoms with Crippen molar-refractivity contribution in [3.8, 4) is 5.75 Å². The summed E-state index contributed by atoms with van der Waals surface area (Å²) in [7, 11) is 0. The third-order valence-corrected chi connectivity index (χ3v) is 5.05. The molecule has 0 spiro atoms. The first-order chi connectivity index (χ1) is 14.1. The van der Waals surface area contributed by atoms with Crippen molar-refractivity contribution in [3.05, 3.63) is 54.1 Å². The molecule has 1 heterocycles. The molecule has 2 aromatic carbocycles. The summed E-state index contributed by atoms with van der Waals surface area (Å²) in [6.07, 6.45) is 1.14. The van der Waals surface area contributed by atoms with Crippen molar-refractivity contribution in [2.24, 2.45) is 0 Å². The third kappa shape index (κ3) is 5.50. The highest BCUT2D eigenvalue weighted by Gasteiger charge is 2.25. The highest BCUT2D eigenvalue weighted by atomic mass is 16.5. The molecule has 0 bridgehead atoms. The number of hydrogen-bond acceptors (Lipinski definition) is 4. The van der Waals surface area contributed by atoms with E-state index < -0.39 is 0 Å². The van der Waals surface area contributed by atoms with Gasteiger partial charge in [-0.2, -0.15) is 0 Å². The Hall–Kier alpha value is -3.02. The number of nitrogens with one attached hydrogen (secondary N) is 1. The predicted molar refractivity (Wildman–Crippen MR) is 116 cm³/mol. The van der Waals surface area contributed by atoms with Crippen molar-refractivity contribution >= 4 is 23.2 Å². The summed E-state index contributed by atoms with van der Waals surface area (Å²) in [6.45, 7) is 7.04. The number of carbonyl (C=O) groups is 2. The molecule has 0 saturated heterocycles. The fourth-order valence-electron chi connectivity index (χ4n) is 3.49. The van der Waals surface area contributed by atoms with Gasteiger partial charge in [-0.05, 0) is 50.1 Å². The molecule has 1 aliphatic heterocycles. The Balaban J connectivity index is 1.42. The standard InChI is InChI=1S/C23H29N3O3/c1-3-25(19-9-6-8-18(2)16-19)14-7-13-24-22(27)12-15-26-20-10-4-5-11-21(20)29-17-23(26)28/h4-6,8-11,16H,3,7,12-15,17H2,1-2H3,(H,24,27). The maximum absolute atomic E-state index is 12.2. The van der Waals surface area contributed by atoms with E-state index in [-0.39, 0.29) is 24.8 Å². The van der Waals surface area contributed by atoms with Crippen molar-refractivity contribution < 1.29 is 14.3 Å². The van der Waals surface area contributed by atoms with Crippen molar-refractivity contribution in [1.82, 2.24) is 5.32 Å². The first-order valence-corrected chi connectivity index (χ1v) is 10.2. The molecule has 0 aromatic heterocycles. The minimum Gasteiger partial charge on any atom is -0.482 e. The zero-order valence-electron chi connectivity index (χ0n) is 17.2. The molecule has 3 rings (SSSR count). The molecule has 2 aromatic rings. The minimum absolute atomic E-state index is 0.0183. The van der Waals surface area contributed by atoms with Gasteiger partial charge in [0.25, 0.3) is 5.91 Å². The second-order valence-corrected chi connectivity index (χ2v) is 7.17. The third-order valence-electron chi connectivity index (χ3n) is 5.05. The van der Waals surface area contributed by atoms with Crippen molar-refractivity contribution in [1.29, 1.82) is 0 Å². The molecule has 0 saturated carbocycles. The summed E-state index contributed by atoms with van der Waals surface area (Å²) in [5, 5.41) is 2.97. The van der Waals surface area contributed by atoms with E-state index in [9.17, 15) is 9.59 Å². The monoisotopic (exact) mass is 395 g/mol. The van der Waals surface area contributed by atoms with Crippen LogP contribution in [-0.2, 0) is 9.59 Å². The maximum Gasteiger partial charge on any atom is 0.265 e. The molecule has 29 heavy (non-hydrogen) atoms. The quantitative estimate of drug-likeness (QED) is 0.663. The van der Waals surface area contributed by atoms with Crippen LogP contribution in [0.4, 0.5) is 11.4 Å². The molecule has 6 nitrogen and oxygen atoms in total. The Kier molecular flexibility index (Phi) is 7.11. The van der Waals surface area contributed by atoms with Crippen LogP contribution in [0.25, 0.3) is 0 Å². The van der Waals surface area contributed by atoms with Crippen LogP contribution >= 0.6 is 0 Å². The van der Waals surface area contributed by atoms with Gasteiger partial charge in [0.05, 0.1) is 5.69 Å². The van der Waals surface area contributed by atoms with Crippen molar-refractivity contribution in [2.45, 2.75) is 26.7 Å². The molecule has 0 unspecified atom stereocenters. The Morgan fingerprint density at radius 1 is 1.21 bits per heavy atom. The normalized spacial score (nSPS) is 12.9. The molecule has 0 radical (unpaired) electrons. The molecule has 0 atom stereocenters. The van der Waals surface area contributed by atoms with Gasteiger partial charge in [0, 0.05) is 38.3 Å². The second-order valence-electron chi connectivity index (χ2n) is 7.17.